The normalized spacial score (nSPS) is 10.9. The van der Waals surface area contributed by atoms with E-state index in [1.807, 2.05) is 0 Å². The Morgan fingerprint density at radius 2 is 1.80 bits per heavy atom. The molecule has 5 nitrogen and oxygen atoms in total. The van der Waals surface area contributed by atoms with Crippen molar-refractivity contribution in [1.82, 2.24) is 9.66 Å². The first kappa shape index (κ1) is 19.5. The summed E-state index contributed by atoms with van der Waals surface area (Å²) in [5.41, 5.74) is 2.85. The minimum atomic E-state index is -0.765. The second kappa shape index (κ2) is 7.90. The molecular formula is C22H16F3N3O2. The molecule has 1 aromatic heterocycles. The van der Waals surface area contributed by atoms with E-state index in [-0.39, 0.29) is 28.9 Å². The van der Waals surface area contributed by atoms with Crippen LogP contribution in [-0.2, 0) is 6.54 Å². The summed E-state index contributed by atoms with van der Waals surface area (Å²) >= 11 is 0. The Kier molecular flexibility index (Phi) is 5.14. The molecule has 30 heavy (non-hydrogen) atoms. The number of nitrogens with zero attached hydrogens (tertiary/aromatic N) is 2. The molecule has 0 bridgehead atoms. The largest absolute Gasteiger partial charge is 0.497 e. The third-order valence-corrected chi connectivity index (χ3v) is 4.63. The van der Waals surface area contributed by atoms with Gasteiger partial charge in [-0.2, -0.15) is 0 Å². The predicted molar refractivity (Wildman–Crippen MR) is 107 cm³/mol. The zero-order chi connectivity index (χ0) is 21.3. The third kappa shape index (κ3) is 3.59. The average Bonchev–Trinajstić information content (AvgIpc) is 2.74. The van der Waals surface area contributed by atoms with Gasteiger partial charge in [0.05, 0.1) is 30.1 Å². The summed E-state index contributed by atoms with van der Waals surface area (Å²) in [7, 11) is 1.47. The quantitative estimate of drug-likeness (QED) is 0.534. The van der Waals surface area contributed by atoms with Crippen molar-refractivity contribution in [2.24, 2.45) is 0 Å². The van der Waals surface area contributed by atoms with Crippen LogP contribution < -0.4 is 15.7 Å². The summed E-state index contributed by atoms with van der Waals surface area (Å²) in [5, 5.41) is 0.238. The molecule has 0 atom stereocenters. The van der Waals surface area contributed by atoms with Crippen LogP contribution in [0.5, 0.6) is 5.75 Å². The second-order valence-corrected chi connectivity index (χ2v) is 6.51. The summed E-state index contributed by atoms with van der Waals surface area (Å²) < 4.78 is 47.9. The highest BCUT2D eigenvalue weighted by molar-refractivity contribution is 5.81. The lowest BCUT2D eigenvalue weighted by Gasteiger charge is -2.16. The maximum Gasteiger partial charge on any atom is 0.280 e. The lowest BCUT2D eigenvalue weighted by Crippen LogP contribution is -2.31. The number of hydrogen-bond donors (Lipinski definition) is 1. The predicted octanol–water partition coefficient (Wildman–Crippen LogP) is 4.23. The molecule has 0 aliphatic carbocycles. The minimum Gasteiger partial charge on any atom is -0.497 e. The van der Waals surface area contributed by atoms with Gasteiger partial charge in [0.15, 0.2) is 5.82 Å². The second-order valence-electron chi connectivity index (χ2n) is 6.51. The molecule has 0 fully saturated rings. The molecular weight excluding hydrogens is 395 g/mol. The number of nitrogens with one attached hydrogen (secondary N) is 1. The molecule has 0 saturated heterocycles. The standard InChI is InChI=1S/C22H16F3N3O2/c1-30-15-8-9-20-17(11-15)22(29)28(21(27-20)16-4-2-3-5-18(16)24)26-12-13-6-7-14(23)10-19(13)25/h2-11,26H,12H2,1H3. The van der Waals surface area contributed by atoms with Crippen LogP contribution in [0.4, 0.5) is 13.2 Å². The van der Waals surface area contributed by atoms with Crippen molar-refractivity contribution >= 4 is 10.9 Å². The number of halogens is 3. The van der Waals surface area contributed by atoms with Crippen molar-refractivity contribution in [1.29, 1.82) is 0 Å². The van der Waals surface area contributed by atoms with E-state index in [1.165, 1.54) is 37.4 Å². The molecule has 0 amide bonds. The van der Waals surface area contributed by atoms with Gasteiger partial charge in [0.2, 0.25) is 0 Å². The highest BCUT2D eigenvalue weighted by Crippen LogP contribution is 2.23. The smallest absolute Gasteiger partial charge is 0.280 e. The van der Waals surface area contributed by atoms with Crippen molar-refractivity contribution in [3.8, 4) is 17.1 Å². The summed E-state index contributed by atoms with van der Waals surface area (Å²) in [5.74, 6) is -1.56. The number of benzene rings is 3. The highest BCUT2D eigenvalue weighted by Gasteiger charge is 2.17. The van der Waals surface area contributed by atoms with Crippen LogP contribution in [0.15, 0.2) is 65.5 Å². The Labute approximate surface area is 169 Å². The Morgan fingerprint density at radius 3 is 2.53 bits per heavy atom. The maximum atomic E-state index is 14.5. The SMILES string of the molecule is COc1ccc2nc(-c3ccccc3F)n(NCc3ccc(F)cc3F)c(=O)c2c1. The van der Waals surface area contributed by atoms with Gasteiger partial charge in [-0.3, -0.25) is 4.79 Å². The van der Waals surface area contributed by atoms with Crippen molar-refractivity contribution in [3.63, 3.8) is 0 Å². The summed E-state index contributed by atoms with van der Waals surface area (Å²) in [4.78, 5) is 17.6. The van der Waals surface area contributed by atoms with E-state index < -0.39 is 23.0 Å². The number of fused-ring (bicyclic) bond motifs is 1. The summed E-state index contributed by atoms with van der Waals surface area (Å²) in [6.45, 7) is -0.148. The lowest BCUT2D eigenvalue weighted by atomic mass is 10.1. The number of methoxy groups -OCH3 is 1. The lowest BCUT2D eigenvalue weighted by molar-refractivity contribution is 0.415. The molecule has 0 spiro atoms. The Morgan fingerprint density at radius 1 is 1.00 bits per heavy atom. The molecule has 1 N–H and O–H groups in total. The molecule has 0 radical (unpaired) electrons. The van der Waals surface area contributed by atoms with Gasteiger partial charge in [-0.15, -0.1) is 0 Å². The van der Waals surface area contributed by atoms with E-state index in [1.54, 1.807) is 18.2 Å². The van der Waals surface area contributed by atoms with Crippen LogP contribution in [-0.4, -0.2) is 16.8 Å². The van der Waals surface area contributed by atoms with Gasteiger partial charge in [-0.25, -0.2) is 22.8 Å². The molecule has 3 aromatic carbocycles. The summed E-state index contributed by atoms with van der Waals surface area (Å²) in [6, 6.07) is 13.8. The molecule has 0 saturated carbocycles. The van der Waals surface area contributed by atoms with Crippen LogP contribution in [0.25, 0.3) is 22.3 Å². The highest BCUT2D eigenvalue weighted by atomic mass is 19.1. The molecule has 0 unspecified atom stereocenters. The van der Waals surface area contributed by atoms with Crippen LogP contribution in [0, 0.1) is 17.5 Å². The number of hydrogen-bond acceptors (Lipinski definition) is 4. The van der Waals surface area contributed by atoms with Gasteiger partial charge < -0.3 is 10.2 Å². The monoisotopic (exact) mass is 411 g/mol. The molecule has 4 rings (SSSR count). The molecule has 8 heteroatoms. The van der Waals surface area contributed by atoms with E-state index in [9.17, 15) is 18.0 Å². The molecule has 0 aliphatic rings. The first-order valence-electron chi connectivity index (χ1n) is 9.01. The molecule has 0 aliphatic heterocycles. The van der Waals surface area contributed by atoms with E-state index in [0.29, 0.717) is 11.3 Å². The van der Waals surface area contributed by atoms with E-state index in [4.69, 9.17) is 4.74 Å². The maximum absolute atomic E-state index is 14.5. The van der Waals surface area contributed by atoms with Gasteiger partial charge >= 0.3 is 0 Å². The third-order valence-electron chi connectivity index (χ3n) is 4.63. The van der Waals surface area contributed by atoms with E-state index in [0.717, 1.165) is 16.8 Å². The van der Waals surface area contributed by atoms with Crippen LogP contribution in [0.1, 0.15) is 5.56 Å². The molecule has 1 heterocycles. The topological polar surface area (TPSA) is 56.1 Å². The average molecular weight is 411 g/mol. The fourth-order valence-corrected chi connectivity index (χ4v) is 3.09. The Bertz CT molecular complexity index is 1300. The van der Waals surface area contributed by atoms with Crippen molar-refractivity contribution < 1.29 is 17.9 Å². The molecule has 152 valence electrons. The zero-order valence-electron chi connectivity index (χ0n) is 15.8. The number of rotatable bonds is 5. The van der Waals surface area contributed by atoms with E-state index in [2.05, 4.69) is 10.4 Å². The first-order chi connectivity index (χ1) is 14.5. The van der Waals surface area contributed by atoms with Gasteiger partial charge in [-0.1, -0.05) is 18.2 Å². The van der Waals surface area contributed by atoms with Gasteiger partial charge in [0, 0.05) is 11.6 Å². The van der Waals surface area contributed by atoms with Crippen molar-refractivity contribution in [2.75, 3.05) is 12.5 Å². The van der Waals surface area contributed by atoms with Crippen LogP contribution >= 0.6 is 0 Å². The van der Waals surface area contributed by atoms with Gasteiger partial charge in [-0.05, 0) is 36.4 Å². The molecule has 4 aromatic rings. The number of ether oxygens (including phenoxy) is 1. The zero-order valence-corrected chi connectivity index (χ0v) is 15.8. The summed E-state index contributed by atoms with van der Waals surface area (Å²) in [6.07, 6.45) is 0. The number of aromatic nitrogens is 2. The van der Waals surface area contributed by atoms with Gasteiger partial charge in [0.25, 0.3) is 5.56 Å². The fraction of sp³-hybridized carbons (Fsp3) is 0.0909. The van der Waals surface area contributed by atoms with Crippen molar-refractivity contribution in [3.05, 3.63) is 94.0 Å². The minimum absolute atomic E-state index is 0.0262. The fourth-order valence-electron chi connectivity index (χ4n) is 3.09. The van der Waals surface area contributed by atoms with Crippen molar-refractivity contribution in [2.45, 2.75) is 6.54 Å². The van der Waals surface area contributed by atoms with Crippen LogP contribution in [0.3, 0.4) is 0 Å². The van der Waals surface area contributed by atoms with E-state index >= 15 is 0 Å². The Hall–Kier alpha value is -3.81. The van der Waals surface area contributed by atoms with Gasteiger partial charge in [0.1, 0.15) is 23.2 Å². The Balaban J connectivity index is 1.88. The van der Waals surface area contributed by atoms with Crippen LogP contribution in [0.2, 0.25) is 0 Å². The first-order valence-corrected chi connectivity index (χ1v) is 9.01.